The van der Waals surface area contributed by atoms with E-state index in [1.807, 2.05) is 55.5 Å². The second kappa shape index (κ2) is 8.65. The number of carbonyl (C=O) groups excluding carboxylic acids is 1. The van der Waals surface area contributed by atoms with E-state index >= 15 is 0 Å². The van der Waals surface area contributed by atoms with Crippen LogP contribution in [0.4, 0.5) is 10.2 Å². The van der Waals surface area contributed by atoms with Crippen molar-refractivity contribution < 1.29 is 13.6 Å². The van der Waals surface area contributed by atoms with Gasteiger partial charge >= 0.3 is 0 Å². The molecule has 1 fully saturated rings. The summed E-state index contributed by atoms with van der Waals surface area (Å²) in [6.45, 7) is 3.25. The Bertz CT molecular complexity index is 1310. The minimum absolute atomic E-state index is 0.154. The summed E-state index contributed by atoms with van der Waals surface area (Å²) >= 11 is 6.39. The van der Waals surface area contributed by atoms with Crippen molar-refractivity contribution in [2.75, 3.05) is 18.4 Å². The molecule has 33 heavy (non-hydrogen) atoms. The van der Waals surface area contributed by atoms with Crippen LogP contribution in [-0.2, 0) is 11.3 Å². The molecule has 2 N–H and O–H groups in total. The molecule has 0 bridgehead atoms. The number of halogens is 2. The first-order chi connectivity index (χ1) is 15.9. The SMILES string of the molecule is Cc1cc(NC(=O)C2(F)CCNCC2)nn1Cc1cc(Cl)cc2cc(-c3ccccc3)oc12. The lowest BCUT2D eigenvalue weighted by atomic mass is 9.93. The van der Waals surface area contributed by atoms with Crippen molar-refractivity contribution in [3.63, 3.8) is 0 Å². The number of hydrogen-bond donors (Lipinski definition) is 2. The maximum atomic E-state index is 15.0. The predicted molar refractivity (Wildman–Crippen MR) is 127 cm³/mol. The number of benzene rings is 2. The number of piperidine rings is 1. The molecule has 0 saturated carbocycles. The summed E-state index contributed by atoms with van der Waals surface area (Å²) in [4.78, 5) is 12.5. The third kappa shape index (κ3) is 4.38. The highest BCUT2D eigenvalue weighted by molar-refractivity contribution is 6.31. The third-order valence-corrected chi connectivity index (χ3v) is 6.28. The van der Waals surface area contributed by atoms with Crippen molar-refractivity contribution in [3.8, 4) is 11.3 Å². The Morgan fingerprint density at radius 3 is 2.73 bits per heavy atom. The van der Waals surface area contributed by atoms with E-state index in [-0.39, 0.29) is 12.8 Å². The minimum Gasteiger partial charge on any atom is -0.456 e. The van der Waals surface area contributed by atoms with Crippen LogP contribution in [0.2, 0.25) is 5.02 Å². The van der Waals surface area contributed by atoms with Crippen LogP contribution in [0.5, 0.6) is 0 Å². The van der Waals surface area contributed by atoms with E-state index in [4.69, 9.17) is 16.0 Å². The summed E-state index contributed by atoms with van der Waals surface area (Å²) in [7, 11) is 0. The number of nitrogens with one attached hydrogen (secondary N) is 2. The van der Waals surface area contributed by atoms with E-state index in [0.717, 1.165) is 33.6 Å². The molecule has 2 aromatic carbocycles. The fourth-order valence-electron chi connectivity index (χ4n) is 4.22. The Labute approximate surface area is 195 Å². The quantitative estimate of drug-likeness (QED) is 0.416. The summed E-state index contributed by atoms with van der Waals surface area (Å²) in [5.41, 5.74) is 1.53. The van der Waals surface area contributed by atoms with Gasteiger partial charge in [-0.15, -0.1) is 0 Å². The Balaban J connectivity index is 1.41. The van der Waals surface area contributed by atoms with Crippen LogP contribution < -0.4 is 10.6 Å². The number of alkyl halides is 1. The zero-order valence-electron chi connectivity index (χ0n) is 18.2. The average Bonchev–Trinajstić information content (AvgIpc) is 3.38. The van der Waals surface area contributed by atoms with Crippen molar-refractivity contribution in [2.45, 2.75) is 32.0 Å². The molecule has 1 saturated heterocycles. The van der Waals surface area contributed by atoms with E-state index in [1.165, 1.54) is 0 Å². The molecular weight excluding hydrogens is 443 g/mol. The van der Waals surface area contributed by atoms with Gasteiger partial charge in [-0.1, -0.05) is 41.9 Å². The molecule has 170 valence electrons. The number of furan rings is 1. The zero-order valence-corrected chi connectivity index (χ0v) is 19.0. The third-order valence-electron chi connectivity index (χ3n) is 6.06. The number of hydrogen-bond acceptors (Lipinski definition) is 4. The summed E-state index contributed by atoms with van der Waals surface area (Å²) in [5, 5.41) is 11.7. The molecule has 3 heterocycles. The number of rotatable bonds is 5. The van der Waals surface area contributed by atoms with Crippen LogP contribution in [0.15, 0.2) is 59.0 Å². The van der Waals surface area contributed by atoms with Gasteiger partial charge in [0.2, 0.25) is 0 Å². The second-order valence-electron chi connectivity index (χ2n) is 8.46. The lowest BCUT2D eigenvalue weighted by Crippen LogP contribution is -2.47. The van der Waals surface area contributed by atoms with E-state index in [2.05, 4.69) is 15.7 Å². The Kier molecular flexibility index (Phi) is 5.68. The molecule has 8 heteroatoms. The Morgan fingerprint density at radius 1 is 1.21 bits per heavy atom. The van der Waals surface area contributed by atoms with Crippen LogP contribution in [0.1, 0.15) is 24.1 Å². The fourth-order valence-corrected chi connectivity index (χ4v) is 4.47. The number of carbonyl (C=O) groups is 1. The highest BCUT2D eigenvalue weighted by Crippen LogP contribution is 2.33. The minimum atomic E-state index is -1.87. The van der Waals surface area contributed by atoms with E-state index in [0.29, 0.717) is 30.5 Å². The standard InChI is InChI=1S/C25H24ClFN4O2/c1-16-11-22(29-24(32)25(27)7-9-28-10-8-25)30-31(16)15-19-13-20(26)12-18-14-21(33-23(18)19)17-5-3-2-4-6-17/h2-6,11-14,28H,7-10,15H2,1H3,(H,29,30,32). The van der Waals surface area contributed by atoms with Gasteiger partial charge in [0.15, 0.2) is 11.5 Å². The van der Waals surface area contributed by atoms with Gasteiger partial charge in [0.05, 0.1) is 6.54 Å². The van der Waals surface area contributed by atoms with Crippen molar-refractivity contribution in [1.29, 1.82) is 0 Å². The zero-order chi connectivity index (χ0) is 23.0. The highest BCUT2D eigenvalue weighted by Gasteiger charge is 2.40. The van der Waals surface area contributed by atoms with Gasteiger partial charge in [0.1, 0.15) is 11.3 Å². The Hall–Kier alpha value is -3.16. The maximum Gasteiger partial charge on any atom is 0.263 e. The monoisotopic (exact) mass is 466 g/mol. The highest BCUT2D eigenvalue weighted by atomic mass is 35.5. The van der Waals surface area contributed by atoms with Crippen LogP contribution >= 0.6 is 11.6 Å². The van der Waals surface area contributed by atoms with E-state index in [1.54, 1.807) is 10.7 Å². The predicted octanol–water partition coefficient (Wildman–Crippen LogP) is 5.34. The van der Waals surface area contributed by atoms with Gasteiger partial charge in [-0.3, -0.25) is 9.48 Å². The fraction of sp³-hybridized carbons (Fsp3) is 0.280. The molecule has 6 nitrogen and oxygen atoms in total. The first kappa shape index (κ1) is 21.7. The second-order valence-corrected chi connectivity index (χ2v) is 8.89. The molecule has 1 aliphatic heterocycles. The molecule has 4 aromatic rings. The van der Waals surface area contributed by atoms with Gasteiger partial charge < -0.3 is 15.1 Å². The average molecular weight is 467 g/mol. The van der Waals surface area contributed by atoms with E-state index < -0.39 is 11.6 Å². The van der Waals surface area contributed by atoms with E-state index in [9.17, 15) is 9.18 Å². The smallest absolute Gasteiger partial charge is 0.263 e. The molecule has 1 amide bonds. The van der Waals surface area contributed by atoms with Crippen molar-refractivity contribution in [2.24, 2.45) is 0 Å². The van der Waals surface area contributed by atoms with Crippen molar-refractivity contribution in [1.82, 2.24) is 15.1 Å². The number of aryl methyl sites for hydroxylation is 1. The number of aromatic nitrogens is 2. The summed E-state index contributed by atoms with van der Waals surface area (Å²) in [5.74, 6) is 0.447. The summed E-state index contributed by atoms with van der Waals surface area (Å²) < 4.78 is 22.9. The van der Waals surface area contributed by atoms with Gasteiger partial charge in [-0.25, -0.2) is 4.39 Å². The Morgan fingerprint density at radius 2 is 1.97 bits per heavy atom. The molecule has 1 aliphatic rings. The van der Waals surface area contributed by atoms with Crippen LogP contribution in [-0.4, -0.2) is 34.4 Å². The van der Waals surface area contributed by atoms with Gasteiger partial charge in [0, 0.05) is 46.1 Å². The molecule has 0 radical (unpaired) electrons. The summed E-state index contributed by atoms with van der Waals surface area (Å²) in [6.07, 6.45) is 0.308. The molecule has 0 spiro atoms. The number of amides is 1. The van der Waals surface area contributed by atoms with Crippen LogP contribution in [0, 0.1) is 6.92 Å². The number of nitrogens with zero attached hydrogens (tertiary/aromatic N) is 2. The number of fused-ring (bicyclic) bond motifs is 1. The van der Waals surface area contributed by atoms with Crippen LogP contribution in [0.25, 0.3) is 22.3 Å². The largest absolute Gasteiger partial charge is 0.456 e. The van der Waals surface area contributed by atoms with Gasteiger partial charge in [-0.05, 0) is 38.2 Å². The molecule has 2 aromatic heterocycles. The first-order valence-electron chi connectivity index (χ1n) is 10.9. The van der Waals surface area contributed by atoms with Crippen molar-refractivity contribution in [3.05, 3.63) is 70.9 Å². The maximum absolute atomic E-state index is 15.0. The summed E-state index contributed by atoms with van der Waals surface area (Å²) in [6, 6.07) is 17.3. The lowest BCUT2D eigenvalue weighted by Gasteiger charge is -2.28. The first-order valence-corrected chi connectivity index (χ1v) is 11.3. The van der Waals surface area contributed by atoms with Crippen molar-refractivity contribution >= 4 is 34.3 Å². The topological polar surface area (TPSA) is 72.1 Å². The molecular formula is C25H24ClFN4O2. The molecule has 0 aliphatic carbocycles. The molecule has 5 rings (SSSR count). The lowest BCUT2D eigenvalue weighted by molar-refractivity contribution is -0.129. The number of anilines is 1. The normalized spacial score (nSPS) is 15.6. The van der Waals surface area contributed by atoms with Crippen LogP contribution in [0.3, 0.4) is 0 Å². The molecule has 0 unspecified atom stereocenters. The molecule has 0 atom stereocenters. The van der Waals surface area contributed by atoms with Gasteiger partial charge in [0.25, 0.3) is 5.91 Å². The van der Waals surface area contributed by atoms with Gasteiger partial charge in [-0.2, -0.15) is 5.10 Å².